The molecule has 0 saturated carbocycles. The first-order valence-electron chi connectivity index (χ1n) is 5.75. The Morgan fingerprint density at radius 2 is 2.24 bits per heavy atom. The van der Waals surface area contributed by atoms with E-state index in [9.17, 15) is 10.1 Å². The van der Waals surface area contributed by atoms with Crippen LogP contribution >= 0.6 is 15.9 Å². The summed E-state index contributed by atoms with van der Waals surface area (Å²) in [6, 6.07) is 5.44. The molecule has 0 fully saturated rings. The summed E-state index contributed by atoms with van der Waals surface area (Å²) < 4.78 is 0.509. The Balaban J connectivity index is 2.72. The summed E-state index contributed by atoms with van der Waals surface area (Å²) in [6.45, 7) is 4.24. The van der Waals surface area contributed by atoms with E-state index in [2.05, 4.69) is 35.1 Å². The maximum Gasteiger partial charge on any atom is 0.285 e. The average molecular weight is 301 g/mol. The van der Waals surface area contributed by atoms with Crippen molar-refractivity contribution >= 4 is 27.3 Å². The minimum atomic E-state index is -0.383. The van der Waals surface area contributed by atoms with Crippen LogP contribution in [0.5, 0.6) is 0 Å². The van der Waals surface area contributed by atoms with Gasteiger partial charge in [0.15, 0.2) is 0 Å². The second-order valence-corrected chi connectivity index (χ2v) is 4.97. The standard InChI is InChI=1S/C12H17BrN2O2/c1-3-4-5-9(2)14-10-6-7-11(13)12(8-10)15(16)17/h6-9,14H,3-5H2,1-2H3. The highest BCUT2D eigenvalue weighted by Crippen LogP contribution is 2.28. The van der Waals surface area contributed by atoms with Crippen LogP contribution in [0.25, 0.3) is 0 Å². The fraction of sp³-hybridized carbons (Fsp3) is 0.500. The van der Waals surface area contributed by atoms with E-state index in [4.69, 9.17) is 0 Å². The van der Waals surface area contributed by atoms with E-state index in [0.717, 1.165) is 24.9 Å². The highest BCUT2D eigenvalue weighted by molar-refractivity contribution is 9.10. The number of rotatable bonds is 6. The van der Waals surface area contributed by atoms with Crippen LogP contribution in [-0.4, -0.2) is 11.0 Å². The number of unbranched alkanes of at least 4 members (excludes halogenated alkanes) is 1. The van der Waals surface area contributed by atoms with E-state index in [0.29, 0.717) is 10.5 Å². The molecule has 1 rings (SSSR count). The Hall–Kier alpha value is -1.10. The lowest BCUT2D eigenvalue weighted by Gasteiger charge is -2.14. The van der Waals surface area contributed by atoms with Crippen molar-refractivity contribution < 1.29 is 4.92 Å². The van der Waals surface area contributed by atoms with Crippen molar-refractivity contribution in [1.82, 2.24) is 0 Å². The number of nitrogens with one attached hydrogen (secondary N) is 1. The van der Waals surface area contributed by atoms with Gasteiger partial charge in [-0.2, -0.15) is 0 Å². The zero-order valence-electron chi connectivity index (χ0n) is 10.1. The molecule has 17 heavy (non-hydrogen) atoms. The van der Waals surface area contributed by atoms with Crippen molar-refractivity contribution in [3.8, 4) is 0 Å². The zero-order chi connectivity index (χ0) is 12.8. The molecular formula is C12H17BrN2O2. The average Bonchev–Trinajstić information content (AvgIpc) is 2.28. The molecule has 0 radical (unpaired) electrons. The smallest absolute Gasteiger partial charge is 0.285 e. The molecule has 0 saturated heterocycles. The second kappa shape index (κ2) is 6.59. The normalized spacial score (nSPS) is 12.2. The lowest BCUT2D eigenvalue weighted by atomic mass is 10.1. The fourth-order valence-electron chi connectivity index (χ4n) is 1.61. The Morgan fingerprint density at radius 1 is 1.53 bits per heavy atom. The molecular weight excluding hydrogens is 284 g/mol. The highest BCUT2D eigenvalue weighted by Gasteiger charge is 2.12. The van der Waals surface area contributed by atoms with Crippen LogP contribution in [0.3, 0.4) is 0 Å². The number of hydrogen-bond acceptors (Lipinski definition) is 3. The summed E-state index contributed by atoms with van der Waals surface area (Å²) in [6.07, 6.45) is 3.39. The van der Waals surface area contributed by atoms with E-state index >= 15 is 0 Å². The van der Waals surface area contributed by atoms with Crippen molar-refractivity contribution in [2.24, 2.45) is 0 Å². The summed E-state index contributed by atoms with van der Waals surface area (Å²) in [7, 11) is 0. The van der Waals surface area contributed by atoms with Gasteiger partial charge in [-0.25, -0.2) is 0 Å². The Morgan fingerprint density at radius 3 is 2.82 bits per heavy atom. The van der Waals surface area contributed by atoms with Gasteiger partial charge in [-0.15, -0.1) is 0 Å². The van der Waals surface area contributed by atoms with Gasteiger partial charge in [0.05, 0.1) is 9.40 Å². The number of anilines is 1. The molecule has 1 unspecified atom stereocenters. The van der Waals surface area contributed by atoms with Crippen LogP contribution in [0, 0.1) is 10.1 Å². The maximum atomic E-state index is 10.8. The molecule has 0 aromatic heterocycles. The lowest BCUT2D eigenvalue weighted by molar-refractivity contribution is -0.385. The predicted octanol–water partition coefficient (Wildman–Crippen LogP) is 4.35. The molecule has 1 N–H and O–H groups in total. The van der Waals surface area contributed by atoms with Gasteiger partial charge in [0.25, 0.3) is 5.69 Å². The Bertz CT molecular complexity index is 396. The van der Waals surface area contributed by atoms with Crippen LogP contribution < -0.4 is 5.32 Å². The van der Waals surface area contributed by atoms with E-state index in [1.165, 1.54) is 0 Å². The van der Waals surface area contributed by atoms with Crippen LogP contribution in [0.2, 0.25) is 0 Å². The van der Waals surface area contributed by atoms with Crippen LogP contribution in [0.1, 0.15) is 33.1 Å². The third-order valence-electron chi connectivity index (χ3n) is 2.55. The summed E-state index contributed by atoms with van der Waals surface area (Å²) in [4.78, 5) is 10.4. The van der Waals surface area contributed by atoms with E-state index < -0.39 is 0 Å². The van der Waals surface area contributed by atoms with Crippen molar-refractivity contribution in [2.75, 3.05) is 5.32 Å². The Kier molecular flexibility index (Phi) is 5.41. The van der Waals surface area contributed by atoms with E-state index in [1.54, 1.807) is 12.1 Å². The summed E-state index contributed by atoms with van der Waals surface area (Å²) in [5.74, 6) is 0. The molecule has 0 heterocycles. The van der Waals surface area contributed by atoms with Crippen LogP contribution in [0.4, 0.5) is 11.4 Å². The summed E-state index contributed by atoms with van der Waals surface area (Å²) >= 11 is 3.17. The molecule has 0 amide bonds. The molecule has 4 nitrogen and oxygen atoms in total. The topological polar surface area (TPSA) is 55.2 Å². The first-order chi connectivity index (χ1) is 8.04. The van der Waals surface area contributed by atoms with Gasteiger partial charge in [0, 0.05) is 17.8 Å². The predicted molar refractivity (Wildman–Crippen MR) is 73.4 cm³/mol. The quantitative estimate of drug-likeness (QED) is 0.628. The minimum absolute atomic E-state index is 0.0951. The monoisotopic (exact) mass is 300 g/mol. The number of hydrogen-bond donors (Lipinski definition) is 1. The largest absolute Gasteiger partial charge is 0.382 e. The summed E-state index contributed by atoms with van der Waals surface area (Å²) in [5.41, 5.74) is 0.890. The number of nitro benzene ring substituents is 1. The van der Waals surface area contributed by atoms with Crippen molar-refractivity contribution in [2.45, 2.75) is 39.2 Å². The van der Waals surface area contributed by atoms with Crippen molar-refractivity contribution in [1.29, 1.82) is 0 Å². The molecule has 0 spiro atoms. The molecule has 94 valence electrons. The first-order valence-corrected chi connectivity index (χ1v) is 6.54. The second-order valence-electron chi connectivity index (χ2n) is 4.11. The number of halogens is 1. The molecule has 0 aliphatic rings. The van der Waals surface area contributed by atoms with E-state index in [1.807, 2.05) is 6.07 Å². The zero-order valence-corrected chi connectivity index (χ0v) is 11.7. The molecule has 5 heteroatoms. The highest BCUT2D eigenvalue weighted by atomic mass is 79.9. The third-order valence-corrected chi connectivity index (χ3v) is 3.22. The molecule has 1 aromatic rings. The molecule has 1 atom stereocenters. The maximum absolute atomic E-state index is 10.8. The van der Waals surface area contributed by atoms with Gasteiger partial charge in [0.2, 0.25) is 0 Å². The lowest BCUT2D eigenvalue weighted by Crippen LogP contribution is -2.14. The number of nitro groups is 1. The fourth-order valence-corrected chi connectivity index (χ4v) is 2.00. The molecule has 0 bridgehead atoms. The third kappa shape index (κ3) is 4.34. The summed E-state index contributed by atoms with van der Waals surface area (Å²) in [5, 5.41) is 14.1. The van der Waals surface area contributed by atoms with Gasteiger partial charge in [-0.3, -0.25) is 10.1 Å². The minimum Gasteiger partial charge on any atom is -0.382 e. The van der Waals surface area contributed by atoms with Gasteiger partial charge in [0.1, 0.15) is 0 Å². The van der Waals surface area contributed by atoms with Crippen LogP contribution in [-0.2, 0) is 0 Å². The first kappa shape index (κ1) is 14.0. The number of nitrogens with zero attached hydrogens (tertiary/aromatic N) is 1. The molecule has 0 aliphatic carbocycles. The van der Waals surface area contributed by atoms with E-state index in [-0.39, 0.29) is 10.6 Å². The van der Waals surface area contributed by atoms with Crippen LogP contribution in [0.15, 0.2) is 22.7 Å². The van der Waals surface area contributed by atoms with Crippen molar-refractivity contribution in [3.05, 3.63) is 32.8 Å². The van der Waals surface area contributed by atoms with Crippen molar-refractivity contribution in [3.63, 3.8) is 0 Å². The van der Waals surface area contributed by atoms with Gasteiger partial charge >= 0.3 is 0 Å². The Labute approximate surface area is 110 Å². The van der Waals surface area contributed by atoms with Gasteiger partial charge in [-0.05, 0) is 41.4 Å². The van der Waals surface area contributed by atoms with Gasteiger partial charge < -0.3 is 5.32 Å². The molecule has 0 aliphatic heterocycles. The number of benzene rings is 1. The molecule has 1 aromatic carbocycles. The SMILES string of the molecule is CCCCC(C)Nc1ccc(Br)c([N+](=O)[O-])c1. The van der Waals surface area contributed by atoms with Gasteiger partial charge in [-0.1, -0.05) is 19.8 Å².